The predicted octanol–water partition coefficient (Wildman–Crippen LogP) is 2.32. The number of fused-ring (bicyclic) bond motifs is 3. The van der Waals surface area contributed by atoms with Gasteiger partial charge in [0, 0.05) is 5.69 Å². The molecule has 0 aromatic heterocycles. The Labute approximate surface area is 98.7 Å². The zero-order chi connectivity index (χ0) is 11.8. The van der Waals surface area contributed by atoms with E-state index in [2.05, 4.69) is 5.32 Å². The molecule has 0 radical (unpaired) electrons. The summed E-state index contributed by atoms with van der Waals surface area (Å²) >= 11 is 0. The normalized spacial score (nSPS) is 16.2. The Bertz CT molecular complexity index is 593. The predicted molar refractivity (Wildman–Crippen MR) is 65.6 cm³/mol. The van der Waals surface area contributed by atoms with Crippen molar-refractivity contribution in [2.75, 3.05) is 5.32 Å². The van der Waals surface area contributed by atoms with Gasteiger partial charge in [0.2, 0.25) is 6.41 Å². The van der Waals surface area contributed by atoms with Crippen molar-refractivity contribution in [3.8, 4) is 11.1 Å². The van der Waals surface area contributed by atoms with E-state index in [1.54, 1.807) is 0 Å². The minimum Gasteiger partial charge on any atom is -0.384 e. The smallest absolute Gasteiger partial charge is 0.211 e. The van der Waals surface area contributed by atoms with Crippen LogP contribution in [0.2, 0.25) is 0 Å². The standard InChI is InChI=1S/C14H11NO2/c16-8-15-9-5-6-11-10-3-1-2-4-12(10)14(17)13(11)7-9/h1-8,14,17H,(H,15,16). The quantitative estimate of drug-likeness (QED) is 0.770. The highest BCUT2D eigenvalue weighted by Crippen LogP contribution is 2.43. The number of nitrogens with one attached hydrogen (secondary N) is 1. The molecule has 1 aliphatic carbocycles. The molecule has 3 nitrogen and oxygen atoms in total. The average Bonchev–Trinajstić information content (AvgIpc) is 2.65. The molecule has 2 aromatic carbocycles. The van der Waals surface area contributed by atoms with Crippen molar-refractivity contribution in [1.82, 2.24) is 0 Å². The number of amides is 1. The van der Waals surface area contributed by atoms with E-state index in [0.29, 0.717) is 12.1 Å². The van der Waals surface area contributed by atoms with Crippen LogP contribution < -0.4 is 5.32 Å². The van der Waals surface area contributed by atoms with Crippen molar-refractivity contribution in [2.45, 2.75) is 6.10 Å². The number of hydrogen-bond donors (Lipinski definition) is 2. The van der Waals surface area contributed by atoms with Crippen LogP contribution in [0.4, 0.5) is 5.69 Å². The number of aliphatic hydroxyl groups excluding tert-OH is 1. The van der Waals surface area contributed by atoms with Gasteiger partial charge in [-0.15, -0.1) is 0 Å². The van der Waals surface area contributed by atoms with E-state index in [1.165, 1.54) is 0 Å². The molecule has 0 saturated heterocycles. The molecule has 0 bridgehead atoms. The van der Waals surface area contributed by atoms with Crippen LogP contribution in [0.25, 0.3) is 11.1 Å². The summed E-state index contributed by atoms with van der Waals surface area (Å²) in [6.07, 6.45) is 0.0329. The zero-order valence-corrected chi connectivity index (χ0v) is 9.05. The van der Waals surface area contributed by atoms with Crippen LogP contribution in [0.15, 0.2) is 42.5 Å². The van der Waals surface area contributed by atoms with Crippen LogP contribution >= 0.6 is 0 Å². The third-order valence-electron chi connectivity index (χ3n) is 3.12. The third kappa shape index (κ3) is 1.44. The molecule has 1 unspecified atom stereocenters. The number of benzene rings is 2. The van der Waals surface area contributed by atoms with E-state index in [0.717, 1.165) is 22.3 Å². The molecule has 0 heterocycles. The number of aliphatic hydroxyl groups is 1. The van der Waals surface area contributed by atoms with Gasteiger partial charge in [0.05, 0.1) is 0 Å². The SMILES string of the molecule is O=CNc1ccc2c(c1)C(O)c1ccccc1-2. The lowest BCUT2D eigenvalue weighted by atomic mass is 10.1. The summed E-state index contributed by atoms with van der Waals surface area (Å²) < 4.78 is 0. The minimum absolute atomic E-state index is 0.602. The number of anilines is 1. The van der Waals surface area contributed by atoms with E-state index in [-0.39, 0.29) is 0 Å². The highest BCUT2D eigenvalue weighted by atomic mass is 16.3. The summed E-state index contributed by atoms with van der Waals surface area (Å²) in [5, 5.41) is 12.8. The average molecular weight is 225 g/mol. The minimum atomic E-state index is -0.602. The van der Waals surface area contributed by atoms with E-state index >= 15 is 0 Å². The van der Waals surface area contributed by atoms with Crippen LogP contribution in [0.3, 0.4) is 0 Å². The number of rotatable bonds is 2. The largest absolute Gasteiger partial charge is 0.384 e. The van der Waals surface area contributed by atoms with Gasteiger partial charge in [-0.1, -0.05) is 30.3 Å². The maximum Gasteiger partial charge on any atom is 0.211 e. The fourth-order valence-electron chi connectivity index (χ4n) is 2.34. The first-order valence-corrected chi connectivity index (χ1v) is 5.43. The molecule has 1 aliphatic rings. The lowest BCUT2D eigenvalue weighted by molar-refractivity contribution is -0.105. The fourth-order valence-corrected chi connectivity index (χ4v) is 2.34. The third-order valence-corrected chi connectivity index (χ3v) is 3.12. The van der Waals surface area contributed by atoms with Gasteiger partial charge in [-0.25, -0.2) is 0 Å². The highest BCUT2D eigenvalue weighted by molar-refractivity contribution is 5.82. The Morgan fingerprint density at radius 2 is 1.82 bits per heavy atom. The first-order chi connectivity index (χ1) is 8.31. The molecule has 0 saturated carbocycles. The van der Waals surface area contributed by atoms with Gasteiger partial charge < -0.3 is 10.4 Å². The van der Waals surface area contributed by atoms with Gasteiger partial charge in [0.15, 0.2) is 0 Å². The van der Waals surface area contributed by atoms with Gasteiger partial charge in [0.25, 0.3) is 0 Å². The second-order valence-electron chi connectivity index (χ2n) is 4.05. The summed E-state index contributed by atoms with van der Waals surface area (Å²) in [5.41, 5.74) is 4.56. The maximum atomic E-state index is 10.4. The molecular weight excluding hydrogens is 214 g/mol. The summed E-state index contributed by atoms with van der Waals surface area (Å²) in [7, 11) is 0. The number of carbonyl (C=O) groups is 1. The number of hydrogen-bond acceptors (Lipinski definition) is 2. The van der Waals surface area contributed by atoms with Gasteiger partial charge >= 0.3 is 0 Å². The summed E-state index contributed by atoms with van der Waals surface area (Å²) in [5.74, 6) is 0. The topological polar surface area (TPSA) is 49.3 Å². The van der Waals surface area contributed by atoms with Crippen LogP contribution in [-0.2, 0) is 4.79 Å². The molecule has 2 N–H and O–H groups in total. The molecular formula is C14H11NO2. The second kappa shape index (κ2) is 3.71. The Hall–Kier alpha value is -2.13. The van der Waals surface area contributed by atoms with E-state index in [1.807, 2.05) is 42.5 Å². The zero-order valence-electron chi connectivity index (χ0n) is 9.05. The van der Waals surface area contributed by atoms with Crippen molar-refractivity contribution in [3.63, 3.8) is 0 Å². The summed E-state index contributed by atoms with van der Waals surface area (Å²) in [6.45, 7) is 0. The maximum absolute atomic E-state index is 10.4. The van der Waals surface area contributed by atoms with E-state index < -0.39 is 6.10 Å². The summed E-state index contributed by atoms with van der Waals surface area (Å²) in [6, 6.07) is 13.4. The molecule has 3 rings (SSSR count). The molecule has 0 fully saturated rings. The fraction of sp³-hybridized carbons (Fsp3) is 0.0714. The molecule has 1 amide bonds. The van der Waals surface area contributed by atoms with Crippen molar-refractivity contribution in [1.29, 1.82) is 0 Å². The van der Waals surface area contributed by atoms with Crippen LogP contribution in [0, 0.1) is 0 Å². The molecule has 1 atom stereocenters. The molecule has 17 heavy (non-hydrogen) atoms. The highest BCUT2D eigenvalue weighted by Gasteiger charge is 2.26. The molecule has 2 aromatic rings. The van der Waals surface area contributed by atoms with Crippen LogP contribution in [0.1, 0.15) is 17.2 Å². The molecule has 0 spiro atoms. The van der Waals surface area contributed by atoms with Crippen LogP contribution in [-0.4, -0.2) is 11.5 Å². The van der Waals surface area contributed by atoms with Gasteiger partial charge in [-0.3, -0.25) is 4.79 Å². The van der Waals surface area contributed by atoms with Crippen molar-refractivity contribution in [3.05, 3.63) is 53.6 Å². The second-order valence-corrected chi connectivity index (χ2v) is 4.05. The Balaban J connectivity index is 2.17. The molecule has 0 aliphatic heterocycles. The monoisotopic (exact) mass is 225 g/mol. The van der Waals surface area contributed by atoms with E-state index in [4.69, 9.17) is 0 Å². The van der Waals surface area contributed by atoms with Crippen molar-refractivity contribution in [2.24, 2.45) is 0 Å². The molecule has 84 valence electrons. The Morgan fingerprint density at radius 3 is 2.65 bits per heavy atom. The first-order valence-electron chi connectivity index (χ1n) is 5.43. The van der Waals surface area contributed by atoms with Crippen molar-refractivity contribution < 1.29 is 9.90 Å². The van der Waals surface area contributed by atoms with Gasteiger partial charge in [-0.2, -0.15) is 0 Å². The first kappa shape index (κ1) is 10.1. The van der Waals surface area contributed by atoms with Gasteiger partial charge in [0.1, 0.15) is 6.10 Å². The van der Waals surface area contributed by atoms with Crippen molar-refractivity contribution >= 4 is 12.1 Å². The summed E-state index contributed by atoms with van der Waals surface area (Å²) in [4.78, 5) is 10.4. The van der Waals surface area contributed by atoms with Gasteiger partial charge in [-0.05, 0) is 34.4 Å². The van der Waals surface area contributed by atoms with Crippen LogP contribution in [0.5, 0.6) is 0 Å². The molecule has 3 heteroatoms. The van der Waals surface area contributed by atoms with E-state index in [9.17, 15) is 9.90 Å². The Morgan fingerprint density at radius 1 is 1.06 bits per heavy atom. The lowest BCUT2D eigenvalue weighted by Crippen LogP contribution is -1.97. The number of carbonyl (C=O) groups excluding carboxylic acids is 1. The Kier molecular flexibility index (Phi) is 2.20. The lowest BCUT2D eigenvalue weighted by Gasteiger charge is -2.06.